The first-order valence-electron chi connectivity index (χ1n) is 3.31. The maximum Gasteiger partial charge on any atom is 0.315 e. The second-order valence-electron chi connectivity index (χ2n) is 2.67. The van der Waals surface area contributed by atoms with Crippen molar-refractivity contribution in [1.29, 1.82) is 0 Å². The van der Waals surface area contributed by atoms with Gasteiger partial charge in [0.15, 0.2) is 0 Å². The van der Waals surface area contributed by atoms with Gasteiger partial charge in [-0.2, -0.15) is 0 Å². The van der Waals surface area contributed by atoms with Crippen LogP contribution in [0, 0.1) is 0 Å². The number of halogens is 1. The molecule has 0 aromatic carbocycles. The molecule has 10 heavy (non-hydrogen) atoms. The zero-order valence-electron chi connectivity index (χ0n) is 5.88. The molecule has 1 saturated heterocycles. The van der Waals surface area contributed by atoms with Crippen LogP contribution in [0.1, 0.15) is 13.3 Å². The van der Waals surface area contributed by atoms with Gasteiger partial charge in [-0.25, -0.2) is 9.18 Å². The minimum Gasteiger partial charge on any atom is -0.351 e. The van der Waals surface area contributed by atoms with Crippen LogP contribution in [0.3, 0.4) is 0 Å². The standard InChI is InChI=1S/C6H11FN2O/c1-4-2-5(7)3-9(4)6(8)10/h4-5H,2-3H2,1H3,(H2,8,10)/t4-,5-/m0/s1. The van der Waals surface area contributed by atoms with Gasteiger partial charge < -0.3 is 10.6 Å². The Morgan fingerprint density at radius 3 is 2.60 bits per heavy atom. The summed E-state index contributed by atoms with van der Waals surface area (Å²) in [5, 5.41) is 0. The summed E-state index contributed by atoms with van der Waals surface area (Å²) < 4.78 is 12.5. The molecular formula is C6H11FN2O. The highest BCUT2D eigenvalue weighted by Gasteiger charge is 2.30. The van der Waals surface area contributed by atoms with E-state index in [0.717, 1.165) is 0 Å². The Morgan fingerprint density at radius 1 is 1.80 bits per heavy atom. The molecule has 4 heteroatoms. The Kier molecular flexibility index (Phi) is 1.78. The van der Waals surface area contributed by atoms with Crippen molar-refractivity contribution in [3.8, 4) is 0 Å². The van der Waals surface area contributed by atoms with E-state index in [9.17, 15) is 9.18 Å². The molecule has 1 aliphatic rings. The van der Waals surface area contributed by atoms with Crippen LogP contribution in [0.15, 0.2) is 0 Å². The Morgan fingerprint density at radius 2 is 2.40 bits per heavy atom. The van der Waals surface area contributed by atoms with E-state index in [1.165, 1.54) is 4.90 Å². The van der Waals surface area contributed by atoms with E-state index < -0.39 is 12.2 Å². The Hall–Kier alpha value is -0.800. The van der Waals surface area contributed by atoms with Gasteiger partial charge in [0.05, 0.1) is 6.54 Å². The number of alkyl halides is 1. The maximum atomic E-state index is 12.5. The average Bonchev–Trinajstić information content (AvgIpc) is 2.10. The first-order chi connectivity index (χ1) is 4.61. The Labute approximate surface area is 59.0 Å². The Balaban J connectivity index is 2.54. The predicted octanol–water partition coefficient (Wildman–Crippen LogP) is 0.497. The summed E-state index contributed by atoms with van der Waals surface area (Å²) >= 11 is 0. The molecular weight excluding hydrogens is 135 g/mol. The van der Waals surface area contributed by atoms with E-state index in [0.29, 0.717) is 6.42 Å². The van der Waals surface area contributed by atoms with Gasteiger partial charge in [-0.15, -0.1) is 0 Å². The van der Waals surface area contributed by atoms with Crippen LogP contribution in [-0.4, -0.2) is 29.7 Å². The molecule has 0 aromatic heterocycles. The van der Waals surface area contributed by atoms with Crippen molar-refractivity contribution >= 4 is 6.03 Å². The lowest BCUT2D eigenvalue weighted by molar-refractivity contribution is 0.203. The van der Waals surface area contributed by atoms with Crippen molar-refractivity contribution in [3.63, 3.8) is 0 Å². The predicted molar refractivity (Wildman–Crippen MR) is 35.3 cm³/mol. The third-order valence-electron chi connectivity index (χ3n) is 1.81. The number of rotatable bonds is 0. The third-order valence-corrected chi connectivity index (χ3v) is 1.81. The van der Waals surface area contributed by atoms with Crippen molar-refractivity contribution in [2.24, 2.45) is 5.73 Å². The lowest BCUT2D eigenvalue weighted by Crippen LogP contribution is -2.38. The molecule has 3 nitrogen and oxygen atoms in total. The largest absolute Gasteiger partial charge is 0.351 e. The van der Waals surface area contributed by atoms with Gasteiger partial charge in [-0.3, -0.25) is 0 Å². The molecule has 58 valence electrons. The molecule has 1 fully saturated rings. The van der Waals surface area contributed by atoms with Gasteiger partial charge in [-0.05, 0) is 6.92 Å². The highest BCUT2D eigenvalue weighted by atomic mass is 19.1. The van der Waals surface area contributed by atoms with Gasteiger partial charge in [0, 0.05) is 12.5 Å². The number of hydrogen-bond donors (Lipinski definition) is 1. The topological polar surface area (TPSA) is 46.3 Å². The third kappa shape index (κ3) is 1.20. The van der Waals surface area contributed by atoms with Crippen LogP contribution < -0.4 is 5.73 Å². The zero-order chi connectivity index (χ0) is 7.72. The number of nitrogens with zero attached hydrogens (tertiary/aromatic N) is 1. The normalized spacial score (nSPS) is 32.8. The number of carbonyl (C=O) groups is 1. The zero-order valence-corrected chi connectivity index (χ0v) is 5.88. The summed E-state index contributed by atoms with van der Waals surface area (Å²) in [6.07, 6.45) is -0.467. The van der Waals surface area contributed by atoms with E-state index in [4.69, 9.17) is 5.73 Å². The van der Waals surface area contributed by atoms with Crippen LogP contribution in [-0.2, 0) is 0 Å². The molecule has 2 atom stereocenters. The molecule has 2 amide bonds. The molecule has 0 radical (unpaired) electrons. The van der Waals surface area contributed by atoms with E-state index >= 15 is 0 Å². The lowest BCUT2D eigenvalue weighted by Gasteiger charge is -2.17. The second kappa shape index (κ2) is 2.44. The van der Waals surface area contributed by atoms with Crippen molar-refractivity contribution in [1.82, 2.24) is 4.90 Å². The van der Waals surface area contributed by atoms with Crippen molar-refractivity contribution < 1.29 is 9.18 Å². The Bertz CT molecular complexity index is 151. The summed E-state index contributed by atoms with van der Waals surface area (Å²) in [6.45, 7) is 1.96. The highest BCUT2D eigenvalue weighted by Crippen LogP contribution is 2.18. The SMILES string of the molecule is C[C@H]1C[C@H](F)CN1C(N)=O. The van der Waals surface area contributed by atoms with Gasteiger partial charge in [0.1, 0.15) is 6.17 Å². The number of nitrogens with two attached hydrogens (primary N) is 1. The van der Waals surface area contributed by atoms with Crippen molar-refractivity contribution in [3.05, 3.63) is 0 Å². The molecule has 2 N–H and O–H groups in total. The van der Waals surface area contributed by atoms with Crippen molar-refractivity contribution in [2.75, 3.05) is 6.54 Å². The smallest absolute Gasteiger partial charge is 0.315 e. The van der Waals surface area contributed by atoms with Crippen LogP contribution in [0.2, 0.25) is 0 Å². The number of likely N-dealkylation sites (tertiary alicyclic amines) is 1. The van der Waals surface area contributed by atoms with Crippen LogP contribution >= 0.6 is 0 Å². The fourth-order valence-corrected chi connectivity index (χ4v) is 1.27. The summed E-state index contributed by atoms with van der Waals surface area (Å²) in [5.41, 5.74) is 4.97. The molecule has 0 saturated carbocycles. The maximum absolute atomic E-state index is 12.5. The van der Waals surface area contributed by atoms with Crippen molar-refractivity contribution in [2.45, 2.75) is 25.6 Å². The lowest BCUT2D eigenvalue weighted by atomic mass is 10.2. The van der Waals surface area contributed by atoms with Gasteiger partial charge >= 0.3 is 6.03 Å². The van der Waals surface area contributed by atoms with Crippen LogP contribution in [0.25, 0.3) is 0 Å². The number of urea groups is 1. The van der Waals surface area contributed by atoms with E-state index in [1.807, 2.05) is 0 Å². The summed E-state index contributed by atoms with van der Waals surface area (Å²) in [4.78, 5) is 11.9. The molecule has 0 unspecified atom stereocenters. The first kappa shape index (κ1) is 7.31. The highest BCUT2D eigenvalue weighted by molar-refractivity contribution is 5.72. The van der Waals surface area contributed by atoms with Crippen LogP contribution in [0.5, 0.6) is 0 Å². The minimum absolute atomic E-state index is 0.0347. The quantitative estimate of drug-likeness (QED) is 0.531. The molecule has 0 bridgehead atoms. The minimum atomic E-state index is -0.887. The summed E-state index contributed by atoms with van der Waals surface area (Å²) in [5.74, 6) is 0. The fourth-order valence-electron chi connectivity index (χ4n) is 1.27. The van der Waals surface area contributed by atoms with E-state index in [2.05, 4.69) is 0 Å². The van der Waals surface area contributed by atoms with E-state index in [-0.39, 0.29) is 12.6 Å². The van der Waals surface area contributed by atoms with Gasteiger partial charge in [0.2, 0.25) is 0 Å². The van der Waals surface area contributed by atoms with Gasteiger partial charge in [0.25, 0.3) is 0 Å². The number of amides is 2. The monoisotopic (exact) mass is 146 g/mol. The number of hydrogen-bond acceptors (Lipinski definition) is 1. The second-order valence-corrected chi connectivity index (χ2v) is 2.67. The molecule has 0 spiro atoms. The fraction of sp³-hybridized carbons (Fsp3) is 0.833. The summed E-state index contributed by atoms with van der Waals surface area (Å²) in [7, 11) is 0. The molecule has 1 aliphatic heterocycles. The summed E-state index contributed by atoms with van der Waals surface area (Å²) in [6, 6.07) is -0.555. The van der Waals surface area contributed by atoms with Crippen LogP contribution in [0.4, 0.5) is 9.18 Å². The molecule has 0 aromatic rings. The van der Waals surface area contributed by atoms with Gasteiger partial charge in [-0.1, -0.05) is 0 Å². The molecule has 1 rings (SSSR count). The number of carbonyl (C=O) groups excluding carboxylic acids is 1. The first-order valence-corrected chi connectivity index (χ1v) is 3.31. The molecule has 0 aliphatic carbocycles. The molecule has 1 heterocycles. The van der Waals surface area contributed by atoms with E-state index in [1.54, 1.807) is 6.92 Å². The number of primary amides is 1. The average molecular weight is 146 g/mol.